The van der Waals surface area contributed by atoms with Crippen molar-refractivity contribution in [1.82, 2.24) is 4.90 Å². The third-order valence-corrected chi connectivity index (χ3v) is 5.43. The Morgan fingerprint density at radius 1 is 1.15 bits per heavy atom. The molecule has 1 aromatic carbocycles. The summed E-state index contributed by atoms with van der Waals surface area (Å²) >= 11 is 0. The molecule has 3 aliphatic rings. The second-order valence-electron chi connectivity index (χ2n) is 8.05. The lowest BCUT2D eigenvalue weighted by Crippen LogP contribution is -2.66. The SMILES string of the molecule is CC1(C)OCC2(CO1)CN(C(=O)C1CC(=O)N(c3ccc(F)cc3)C1)C2. The van der Waals surface area contributed by atoms with Crippen molar-refractivity contribution in [2.75, 3.05) is 37.7 Å². The third-order valence-electron chi connectivity index (χ3n) is 5.43. The molecule has 3 saturated heterocycles. The van der Waals surface area contributed by atoms with Crippen LogP contribution in [0.3, 0.4) is 0 Å². The minimum absolute atomic E-state index is 0.00146. The van der Waals surface area contributed by atoms with Crippen molar-refractivity contribution in [1.29, 1.82) is 0 Å². The molecular weight excluding hydrogens is 339 g/mol. The van der Waals surface area contributed by atoms with Crippen LogP contribution in [0.15, 0.2) is 24.3 Å². The first-order chi connectivity index (χ1) is 12.3. The Hall–Kier alpha value is -1.99. The van der Waals surface area contributed by atoms with Gasteiger partial charge in [-0.3, -0.25) is 9.59 Å². The third kappa shape index (κ3) is 3.10. The summed E-state index contributed by atoms with van der Waals surface area (Å²) in [5.74, 6) is -1.37. The van der Waals surface area contributed by atoms with Crippen molar-refractivity contribution in [3.8, 4) is 0 Å². The van der Waals surface area contributed by atoms with Gasteiger partial charge in [0.1, 0.15) is 5.82 Å². The Kier molecular flexibility index (Phi) is 4.04. The van der Waals surface area contributed by atoms with Gasteiger partial charge in [0.05, 0.1) is 24.5 Å². The number of likely N-dealkylation sites (tertiary alicyclic amines) is 1. The number of hydrogen-bond acceptors (Lipinski definition) is 4. The number of hydrogen-bond donors (Lipinski definition) is 0. The minimum atomic E-state index is -0.566. The minimum Gasteiger partial charge on any atom is -0.350 e. The number of rotatable bonds is 2. The van der Waals surface area contributed by atoms with Crippen LogP contribution >= 0.6 is 0 Å². The van der Waals surface area contributed by atoms with Crippen LogP contribution in [0.2, 0.25) is 0 Å². The van der Waals surface area contributed by atoms with Crippen LogP contribution in [0.5, 0.6) is 0 Å². The lowest BCUT2D eigenvalue weighted by molar-refractivity contribution is -0.303. The number of amides is 2. The summed E-state index contributed by atoms with van der Waals surface area (Å²) in [7, 11) is 0. The number of nitrogens with zero attached hydrogens (tertiary/aromatic N) is 2. The number of carbonyl (C=O) groups excluding carboxylic acids is 2. The molecule has 3 fully saturated rings. The summed E-state index contributed by atoms with van der Waals surface area (Å²) in [6.07, 6.45) is 0.194. The predicted octanol–water partition coefficient (Wildman–Crippen LogP) is 1.79. The summed E-state index contributed by atoms with van der Waals surface area (Å²) in [6.45, 7) is 6.47. The van der Waals surface area contributed by atoms with Crippen LogP contribution < -0.4 is 4.90 Å². The van der Waals surface area contributed by atoms with E-state index < -0.39 is 5.79 Å². The molecule has 1 atom stereocenters. The number of benzene rings is 1. The standard InChI is InChI=1S/C19H23FN2O4/c1-18(2)25-11-19(12-26-18)9-21(10-19)17(24)13-7-16(23)22(8-13)15-5-3-14(20)4-6-15/h3-6,13H,7-12H2,1-2H3. The Balaban J connectivity index is 1.35. The van der Waals surface area contributed by atoms with Crippen LogP contribution in [0.4, 0.5) is 10.1 Å². The van der Waals surface area contributed by atoms with Crippen molar-refractivity contribution in [2.24, 2.45) is 11.3 Å². The topological polar surface area (TPSA) is 59.1 Å². The fourth-order valence-corrected chi connectivity index (χ4v) is 3.84. The van der Waals surface area contributed by atoms with E-state index in [-0.39, 0.29) is 35.4 Å². The molecule has 6 nitrogen and oxygen atoms in total. The molecule has 4 rings (SSSR count). The number of halogens is 1. The summed E-state index contributed by atoms with van der Waals surface area (Å²) in [4.78, 5) is 28.4. The van der Waals surface area contributed by atoms with Crippen LogP contribution in [0.25, 0.3) is 0 Å². The Labute approximate surface area is 151 Å². The van der Waals surface area contributed by atoms with E-state index in [2.05, 4.69) is 0 Å². The maximum atomic E-state index is 13.1. The second-order valence-corrected chi connectivity index (χ2v) is 8.05. The highest BCUT2D eigenvalue weighted by Crippen LogP contribution is 2.39. The second kappa shape index (κ2) is 6.03. The zero-order valence-corrected chi connectivity index (χ0v) is 15.0. The number of ether oxygens (including phenoxy) is 2. The smallest absolute Gasteiger partial charge is 0.228 e. The van der Waals surface area contributed by atoms with Crippen molar-refractivity contribution >= 4 is 17.5 Å². The molecule has 0 radical (unpaired) electrons. The molecule has 26 heavy (non-hydrogen) atoms. The van der Waals surface area contributed by atoms with Gasteiger partial charge in [0.2, 0.25) is 11.8 Å². The first-order valence-corrected chi connectivity index (χ1v) is 8.90. The first-order valence-electron chi connectivity index (χ1n) is 8.90. The van der Waals surface area contributed by atoms with Crippen molar-refractivity contribution in [3.63, 3.8) is 0 Å². The van der Waals surface area contributed by atoms with Crippen molar-refractivity contribution < 1.29 is 23.5 Å². The lowest BCUT2D eigenvalue weighted by atomic mass is 9.79. The maximum Gasteiger partial charge on any atom is 0.228 e. The van der Waals surface area contributed by atoms with E-state index in [9.17, 15) is 14.0 Å². The van der Waals surface area contributed by atoms with Gasteiger partial charge in [-0.05, 0) is 38.1 Å². The van der Waals surface area contributed by atoms with Crippen LogP contribution in [-0.2, 0) is 19.1 Å². The molecule has 140 valence electrons. The van der Waals surface area contributed by atoms with E-state index in [1.807, 2.05) is 13.8 Å². The normalized spacial score (nSPS) is 26.9. The van der Waals surface area contributed by atoms with Crippen LogP contribution in [-0.4, -0.2) is 55.3 Å². The van der Waals surface area contributed by atoms with E-state index >= 15 is 0 Å². The van der Waals surface area contributed by atoms with Crippen LogP contribution in [0.1, 0.15) is 20.3 Å². The monoisotopic (exact) mass is 362 g/mol. The van der Waals surface area contributed by atoms with Gasteiger partial charge >= 0.3 is 0 Å². The molecule has 1 unspecified atom stereocenters. The molecule has 3 aliphatic heterocycles. The summed E-state index contributed by atoms with van der Waals surface area (Å²) in [5.41, 5.74) is 0.507. The summed E-state index contributed by atoms with van der Waals surface area (Å²) in [6, 6.07) is 5.78. The highest BCUT2D eigenvalue weighted by Gasteiger charge is 2.51. The number of carbonyl (C=O) groups is 2. The van der Waals surface area contributed by atoms with Crippen molar-refractivity contribution in [2.45, 2.75) is 26.1 Å². The largest absolute Gasteiger partial charge is 0.350 e. The maximum absolute atomic E-state index is 13.1. The van der Waals surface area contributed by atoms with E-state index in [1.165, 1.54) is 12.1 Å². The Bertz CT molecular complexity index is 716. The van der Waals surface area contributed by atoms with Gasteiger partial charge < -0.3 is 19.3 Å². The molecule has 2 amide bonds. The highest BCUT2D eigenvalue weighted by molar-refractivity contribution is 6.00. The predicted molar refractivity (Wildman–Crippen MR) is 91.9 cm³/mol. The van der Waals surface area contributed by atoms with E-state index in [1.54, 1.807) is 21.9 Å². The first kappa shape index (κ1) is 17.4. The van der Waals surface area contributed by atoms with Gasteiger partial charge in [0, 0.05) is 31.7 Å². The Morgan fingerprint density at radius 2 is 1.77 bits per heavy atom. The Morgan fingerprint density at radius 3 is 2.38 bits per heavy atom. The van der Waals surface area contributed by atoms with Gasteiger partial charge in [0.15, 0.2) is 5.79 Å². The van der Waals surface area contributed by atoms with Gasteiger partial charge in [-0.1, -0.05) is 0 Å². The molecule has 0 N–H and O–H groups in total. The summed E-state index contributed by atoms with van der Waals surface area (Å²) in [5, 5.41) is 0. The van der Waals surface area contributed by atoms with E-state index in [0.29, 0.717) is 38.5 Å². The van der Waals surface area contributed by atoms with Gasteiger partial charge in [-0.25, -0.2) is 4.39 Å². The average molecular weight is 362 g/mol. The van der Waals surface area contributed by atoms with Gasteiger partial charge in [0.25, 0.3) is 0 Å². The highest BCUT2D eigenvalue weighted by atomic mass is 19.1. The molecule has 1 spiro atoms. The molecule has 0 bridgehead atoms. The lowest BCUT2D eigenvalue weighted by Gasteiger charge is -2.54. The van der Waals surface area contributed by atoms with E-state index in [0.717, 1.165) is 0 Å². The molecule has 0 saturated carbocycles. The molecule has 3 heterocycles. The molecule has 1 aromatic rings. The van der Waals surface area contributed by atoms with Gasteiger partial charge in [-0.2, -0.15) is 0 Å². The average Bonchev–Trinajstić information content (AvgIpc) is 2.95. The van der Waals surface area contributed by atoms with Gasteiger partial charge in [-0.15, -0.1) is 0 Å². The van der Waals surface area contributed by atoms with Crippen molar-refractivity contribution in [3.05, 3.63) is 30.1 Å². The zero-order chi connectivity index (χ0) is 18.5. The molecule has 7 heteroatoms. The molecular formula is C19H23FN2O4. The molecule has 0 aliphatic carbocycles. The molecule has 0 aromatic heterocycles. The summed E-state index contributed by atoms with van der Waals surface area (Å²) < 4.78 is 24.5. The number of anilines is 1. The fraction of sp³-hybridized carbons (Fsp3) is 0.579. The fourth-order valence-electron chi connectivity index (χ4n) is 3.84. The van der Waals surface area contributed by atoms with E-state index in [4.69, 9.17) is 9.47 Å². The van der Waals surface area contributed by atoms with Crippen LogP contribution in [0, 0.1) is 17.2 Å². The zero-order valence-electron chi connectivity index (χ0n) is 15.0. The quantitative estimate of drug-likeness (QED) is 0.805.